The van der Waals surface area contributed by atoms with Gasteiger partial charge in [0.2, 0.25) is 23.6 Å². The minimum absolute atomic E-state index is 0.135. The minimum atomic E-state index is -1.92. The summed E-state index contributed by atoms with van der Waals surface area (Å²) in [4.78, 5) is 100. The molecule has 1 aliphatic heterocycles. The third-order valence-corrected chi connectivity index (χ3v) is 8.43. The Morgan fingerprint density at radius 1 is 0.645 bits per heavy atom. The van der Waals surface area contributed by atoms with Crippen LogP contribution in [0.3, 0.4) is 0 Å². The van der Waals surface area contributed by atoms with Gasteiger partial charge in [-0.25, -0.2) is 4.79 Å². The van der Waals surface area contributed by atoms with Gasteiger partial charge in [-0.2, -0.15) is 0 Å². The van der Waals surface area contributed by atoms with Crippen LogP contribution in [-0.4, -0.2) is 86.2 Å². The van der Waals surface area contributed by atoms with Crippen molar-refractivity contribution >= 4 is 58.8 Å². The van der Waals surface area contributed by atoms with Crippen LogP contribution in [0.5, 0.6) is 28.7 Å². The van der Waals surface area contributed by atoms with E-state index < -0.39 is 90.3 Å². The molecule has 2 heterocycles. The molecule has 1 aliphatic rings. The lowest BCUT2D eigenvalue weighted by molar-refractivity contribution is -0.288. The van der Waals surface area contributed by atoms with E-state index >= 15 is 0 Å². The Morgan fingerprint density at radius 2 is 1.19 bits per heavy atom. The van der Waals surface area contributed by atoms with Gasteiger partial charge in [0.15, 0.2) is 18.0 Å². The van der Waals surface area contributed by atoms with E-state index in [2.05, 4.69) is 0 Å². The molecule has 1 aromatic heterocycles. The highest BCUT2D eigenvalue weighted by Gasteiger charge is 2.54. The fraction of sp³-hybridized carbons (Fsp3) is 0.302. The number of esters is 7. The molecule has 3 aromatic carbocycles. The molecule has 0 N–H and O–H groups in total. The normalized spacial score (nSPS) is 18.2. The predicted molar refractivity (Wildman–Crippen MR) is 211 cm³/mol. The summed E-state index contributed by atoms with van der Waals surface area (Å²) in [7, 11) is 1.33. The molecule has 0 bridgehead atoms. The van der Waals surface area contributed by atoms with Crippen LogP contribution in [0.4, 0.5) is 0 Å². The zero-order valence-corrected chi connectivity index (χ0v) is 34.3. The summed E-state index contributed by atoms with van der Waals surface area (Å²) < 4.78 is 61.6. The predicted octanol–water partition coefficient (Wildman–Crippen LogP) is 4.40. The van der Waals surface area contributed by atoms with Crippen LogP contribution in [0.15, 0.2) is 76.0 Å². The number of benzene rings is 3. The summed E-state index contributed by atoms with van der Waals surface area (Å²) in [6.07, 6.45) is -6.06. The molecule has 1 fully saturated rings. The van der Waals surface area contributed by atoms with Gasteiger partial charge in [-0.1, -0.05) is 12.1 Å². The molecule has 4 aromatic rings. The first kappa shape index (κ1) is 45.5. The van der Waals surface area contributed by atoms with Crippen LogP contribution in [0.2, 0.25) is 0 Å². The average molecular weight is 861 g/mol. The van der Waals surface area contributed by atoms with Crippen LogP contribution in [-0.2, 0) is 57.2 Å². The molecule has 326 valence electrons. The van der Waals surface area contributed by atoms with Gasteiger partial charge in [0.25, 0.3) is 0 Å². The van der Waals surface area contributed by atoms with Crippen molar-refractivity contribution in [2.45, 2.75) is 72.2 Å². The highest BCUT2D eigenvalue weighted by atomic mass is 16.7. The lowest BCUT2D eigenvalue weighted by Gasteiger charge is -2.43. The molecule has 0 saturated carbocycles. The Kier molecular flexibility index (Phi) is 14.8. The van der Waals surface area contributed by atoms with Gasteiger partial charge in [0.05, 0.1) is 7.11 Å². The number of fused-ring (bicyclic) bond motifs is 1. The SMILES string of the molecule is COc1cc(OC(C)=O)c2c(=O)c(O[C@@H]3OC(COC(=O)C=Cc4ccc(OC(C)=O)cc4)[C@@H](OC(C)=O)C(OC(C)=O)C3OC(C)=O)c(-c3ccc(OC(C)=O)cc3)oc2c1. The first-order valence-corrected chi connectivity index (χ1v) is 18.6. The van der Waals surface area contributed by atoms with Crippen LogP contribution < -0.4 is 29.1 Å². The number of methoxy groups -OCH3 is 1. The second kappa shape index (κ2) is 20.1. The van der Waals surface area contributed by atoms with Gasteiger partial charge in [0, 0.05) is 65.3 Å². The van der Waals surface area contributed by atoms with E-state index in [0.717, 1.165) is 33.8 Å². The van der Waals surface area contributed by atoms with Gasteiger partial charge in [-0.15, -0.1) is 0 Å². The molecule has 5 atom stereocenters. The van der Waals surface area contributed by atoms with Crippen LogP contribution in [0.1, 0.15) is 47.1 Å². The zero-order valence-electron chi connectivity index (χ0n) is 34.3. The Morgan fingerprint density at radius 3 is 1.74 bits per heavy atom. The van der Waals surface area contributed by atoms with Crippen LogP contribution in [0, 0.1) is 0 Å². The third-order valence-electron chi connectivity index (χ3n) is 8.43. The van der Waals surface area contributed by atoms with E-state index in [0.29, 0.717) is 5.56 Å². The Labute approximate surface area is 352 Å². The van der Waals surface area contributed by atoms with Gasteiger partial charge in [-0.05, 0) is 48.0 Å². The highest BCUT2D eigenvalue weighted by molar-refractivity contribution is 5.91. The Bertz CT molecular complexity index is 2450. The molecule has 1 saturated heterocycles. The first-order valence-electron chi connectivity index (χ1n) is 18.6. The molecule has 3 unspecified atom stereocenters. The van der Waals surface area contributed by atoms with E-state index in [-0.39, 0.29) is 45.3 Å². The number of carbonyl (C=O) groups excluding carboxylic acids is 7. The molecule has 5 rings (SSSR count). The number of hydrogen-bond acceptors (Lipinski definition) is 19. The van der Waals surface area contributed by atoms with Crippen molar-refractivity contribution in [2.75, 3.05) is 13.7 Å². The molecule has 19 nitrogen and oxygen atoms in total. The van der Waals surface area contributed by atoms with E-state index in [1.54, 1.807) is 12.1 Å². The fourth-order valence-corrected chi connectivity index (χ4v) is 6.12. The standard InChI is InChI=1S/C43H40O19/c1-21(44)54-29-13-8-27(9-14-29)10-17-35(50)53-20-34-39(57-24(4)47)41(58-25(5)48)42(59-26(6)49)43(61-34)62-40-37(51)36-32(56-23(3)46)18-31(52-7)19-33(36)60-38(40)28-11-15-30(16-12-28)55-22(2)45/h8-19,34,39,41-43H,20H2,1-7H3/t34?,39-,41?,42?,43+/m1/s1. The number of carbonyl (C=O) groups is 7. The van der Waals surface area contributed by atoms with Crippen LogP contribution in [0.25, 0.3) is 28.4 Å². The van der Waals surface area contributed by atoms with Gasteiger partial charge < -0.3 is 51.8 Å². The van der Waals surface area contributed by atoms with Crippen molar-refractivity contribution in [2.24, 2.45) is 0 Å². The second-order valence-electron chi connectivity index (χ2n) is 13.3. The molecule has 0 spiro atoms. The van der Waals surface area contributed by atoms with E-state index in [9.17, 15) is 38.4 Å². The van der Waals surface area contributed by atoms with Gasteiger partial charge >= 0.3 is 41.8 Å². The van der Waals surface area contributed by atoms with Gasteiger partial charge in [-0.3, -0.25) is 33.6 Å². The highest BCUT2D eigenvalue weighted by Crippen LogP contribution is 2.39. The number of rotatable bonds is 14. The summed E-state index contributed by atoms with van der Waals surface area (Å²) in [6, 6.07) is 14.4. The monoisotopic (exact) mass is 860 g/mol. The summed E-state index contributed by atoms with van der Waals surface area (Å²) in [6.45, 7) is 5.95. The number of ether oxygens (including phenoxy) is 10. The maximum absolute atomic E-state index is 14.7. The summed E-state index contributed by atoms with van der Waals surface area (Å²) >= 11 is 0. The van der Waals surface area contributed by atoms with Crippen molar-refractivity contribution in [1.82, 2.24) is 0 Å². The van der Waals surface area contributed by atoms with Crippen molar-refractivity contribution in [1.29, 1.82) is 0 Å². The molecule has 19 heteroatoms. The minimum Gasteiger partial charge on any atom is -0.496 e. The molecule has 0 radical (unpaired) electrons. The van der Waals surface area contributed by atoms with E-state index in [1.807, 2.05) is 0 Å². The molecule has 62 heavy (non-hydrogen) atoms. The maximum atomic E-state index is 14.7. The van der Waals surface area contributed by atoms with E-state index in [4.69, 9.17) is 51.8 Å². The maximum Gasteiger partial charge on any atom is 0.330 e. The van der Waals surface area contributed by atoms with Crippen molar-refractivity contribution in [3.63, 3.8) is 0 Å². The fourth-order valence-electron chi connectivity index (χ4n) is 6.12. The summed E-state index contributed by atoms with van der Waals surface area (Å²) in [5, 5.41) is -0.302. The smallest absolute Gasteiger partial charge is 0.330 e. The largest absolute Gasteiger partial charge is 0.496 e. The molecular weight excluding hydrogens is 820 g/mol. The van der Waals surface area contributed by atoms with E-state index in [1.165, 1.54) is 75.6 Å². The topological polar surface area (TPSA) is 242 Å². The van der Waals surface area contributed by atoms with Crippen LogP contribution >= 0.6 is 0 Å². The first-order chi connectivity index (χ1) is 29.4. The summed E-state index contributed by atoms with van der Waals surface area (Å²) in [5.41, 5.74) is -0.392. The van der Waals surface area contributed by atoms with Crippen molar-refractivity contribution in [3.05, 3.63) is 82.5 Å². The Hall–Kier alpha value is -7.54. The van der Waals surface area contributed by atoms with Crippen molar-refractivity contribution in [3.8, 4) is 40.1 Å². The van der Waals surface area contributed by atoms with Crippen molar-refractivity contribution < 1.29 is 85.3 Å². The molecule has 0 amide bonds. The average Bonchev–Trinajstić information content (AvgIpc) is 3.19. The number of hydrogen-bond donors (Lipinski definition) is 0. The Balaban J connectivity index is 1.61. The third kappa shape index (κ3) is 11.8. The lowest BCUT2D eigenvalue weighted by atomic mass is 9.98. The molecule has 0 aliphatic carbocycles. The zero-order chi connectivity index (χ0) is 45.2. The molecular formula is C43H40O19. The lowest BCUT2D eigenvalue weighted by Crippen LogP contribution is -2.63. The summed E-state index contributed by atoms with van der Waals surface area (Å²) in [5.74, 6) is -6.22. The van der Waals surface area contributed by atoms with Gasteiger partial charge in [0.1, 0.15) is 46.7 Å². The second-order valence-corrected chi connectivity index (χ2v) is 13.3. The quantitative estimate of drug-likeness (QED) is 0.0738.